The van der Waals surface area contributed by atoms with E-state index in [9.17, 15) is 0 Å². The highest BCUT2D eigenvalue weighted by molar-refractivity contribution is 4.77. The maximum absolute atomic E-state index is 8.85. The molecule has 0 aromatic heterocycles. The highest BCUT2D eigenvalue weighted by Crippen LogP contribution is 2.23. The Kier molecular flexibility index (Phi) is 3.46. The van der Waals surface area contributed by atoms with E-state index < -0.39 is 0 Å². The van der Waals surface area contributed by atoms with E-state index in [2.05, 4.69) is 0 Å². The molecule has 4 heteroatoms. The average molecular weight is 176 g/mol. The zero-order valence-corrected chi connectivity index (χ0v) is 7.43. The van der Waals surface area contributed by atoms with Gasteiger partial charge < -0.3 is 19.7 Å². The zero-order valence-electron chi connectivity index (χ0n) is 7.43. The van der Waals surface area contributed by atoms with Crippen LogP contribution in [0.15, 0.2) is 0 Å². The van der Waals surface area contributed by atoms with E-state index in [0.29, 0.717) is 0 Å². The van der Waals surface area contributed by atoms with Gasteiger partial charge in [0.2, 0.25) is 0 Å². The maximum Gasteiger partial charge on any atom is 0.161 e. The van der Waals surface area contributed by atoms with E-state index in [1.54, 1.807) is 0 Å². The average Bonchev–Trinajstić information content (AvgIpc) is 2.46. The normalized spacial score (nSPS) is 31.8. The van der Waals surface area contributed by atoms with Crippen molar-refractivity contribution in [2.24, 2.45) is 5.92 Å². The fourth-order valence-corrected chi connectivity index (χ4v) is 1.19. The van der Waals surface area contributed by atoms with E-state index in [0.717, 1.165) is 0 Å². The molecule has 0 radical (unpaired) electrons. The van der Waals surface area contributed by atoms with Crippen LogP contribution in [0.25, 0.3) is 0 Å². The van der Waals surface area contributed by atoms with Gasteiger partial charge in [0, 0.05) is 5.92 Å². The molecule has 1 rings (SSSR count). The van der Waals surface area contributed by atoms with E-state index in [1.165, 1.54) is 0 Å². The molecule has 2 N–H and O–H groups in total. The number of rotatable bonds is 3. The van der Waals surface area contributed by atoms with E-state index in [1.807, 2.05) is 13.8 Å². The van der Waals surface area contributed by atoms with Gasteiger partial charge in [-0.2, -0.15) is 0 Å². The van der Waals surface area contributed by atoms with Crippen molar-refractivity contribution < 1.29 is 19.7 Å². The van der Waals surface area contributed by atoms with Crippen LogP contribution in [0.5, 0.6) is 0 Å². The van der Waals surface area contributed by atoms with Crippen LogP contribution in [0.2, 0.25) is 0 Å². The lowest BCUT2D eigenvalue weighted by Gasteiger charge is -2.13. The lowest BCUT2D eigenvalue weighted by Crippen LogP contribution is -2.29. The molecule has 0 unspecified atom stereocenters. The molecule has 1 heterocycles. The molecule has 0 aliphatic carbocycles. The van der Waals surface area contributed by atoms with E-state index in [4.69, 9.17) is 19.7 Å². The summed E-state index contributed by atoms with van der Waals surface area (Å²) in [5.74, 6) is 0.246. The Morgan fingerprint density at radius 2 is 1.50 bits per heavy atom. The van der Waals surface area contributed by atoms with Crippen LogP contribution in [0.1, 0.15) is 13.8 Å². The third kappa shape index (κ3) is 1.95. The summed E-state index contributed by atoms with van der Waals surface area (Å²) < 4.78 is 10.7. The van der Waals surface area contributed by atoms with Gasteiger partial charge in [-0.05, 0) is 0 Å². The summed E-state index contributed by atoms with van der Waals surface area (Å²) in [4.78, 5) is 0. The van der Waals surface area contributed by atoms with Gasteiger partial charge in [-0.3, -0.25) is 0 Å². The van der Waals surface area contributed by atoms with Crippen molar-refractivity contribution >= 4 is 0 Å². The Morgan fingerprint density at radius 3 is 1.75 bits per heavy atom. The molecule has 2 atom stereocenters. The SMILES string of the molecule is CC(C)C1O[C@H](CO)[C@@H](CO)O1. The van der Waals surface area contributed by atoms with Crippen molar-refractivity contribution in [1.29, 1.82) is 0 Å². The van der Waals surface area contributed by atoms with E-state index in [-0.39, 0.29) is 37.6 Å². The largest absolute Gasteiger partial charge is 0.394 e. The first kappa shape index (κ1) is 9.92. The molecule has 4 nitrogen and oxygen atoms in total. The van der Waals surface area contributed by atoms with Crippen LogP contribution in [0.4, 0.5) is 0 Å². The lowest BCUT2D eigenvalue weighted by molar-refractivity contribution is -0.102. The van der Waals surface area contributed by atoms with Crippen molar-refractivity contribution in [1.82, 2.24) is 0 Å². The van der Waals surface area contributed by atoms with Gasteiger partial charge in [-0.1, -0.05) is 13.8 Å². The number of aliphatic hydroxyl groups is 2. The summed E-state index contributed by atoms with van der Waals surface area (Å²) in [6.45, 7) is 3.74. The third-order valence-electron chi connectivity index (χ3n) is 1.94. The van der Waals surface area contributed by atoms with Crippen molar-refractivity contribution in [2.45, 2.75) is 32.3 Å². The monoisotopic (exact) mass is 176 g/mol. The maximum atomic E-state index is 8.85. The molecule has 12 heavy (non-hydrogen) atoms. The minimum absolute atomic E-state index is 0.103. The Hall–Kier alpha value is -0.160. The zero-order chi connectivity index (χ0) is 9.14. The number of hydrogen-bond donors (Lipinski definition) is 2. The standard InChI is InChI=1S/C8H16O4/c1-5(2)8-11-6(3-9)7(4-10)12-8/h5-10H,3-4H2,1-2H3/t6-,7-/m1/s1. The van der Waals surface area contributed by atoms with Crippen LogP contribution in [0.3, 0.4) is 0 Å². The number of hydrogen-bond acceptors (Lipinski definition) is 4. The quantitative estimate of drug-likeness (QED) is 0.622. The molecule has 1 saturated heterocycles. The predicted octanol–water partition coefficient (Wildman–Crippen LogP) is -0.263. The Labute approximate surface area is 72.1 Å². The summed E-state index contributed by atoms with van der Waals surface area (Å²) in [6, 6.07) is 0. The summed E-state index contributed by atoms with van der Waals surface area (Å²) >= 11 is 0. The molecule has 0 aromatic rings. The summed E-state index contributed by atoms with van der Waals surface area (Å²) in [5, 5.41) is 17.7. The molecule has 0 saturated carbocycles. The van der Waals surface area contributed by atoms with Crippen LogP contribution in [0, 0.1) is 5.92 Å². The molecule has 1 aliphatic rings. The van der Waals surface area contributed by atoms with Gasteiger partial charge in [0.25, 0.3) is 0 Å². The van der Waals surface area contributed by atoms with Crippen molar-refractivity contribution in [2.75, 3.05) is 13.2 Å². The van der Waals surface area contributed by atoms with Gasteiger partial charge in [0.1, 0.15) is 12.2 Å². The van der Waals surface area contributed by atoms with E-state index >= 15 is 0 Å². The molecule has 0 amide bonds. The molecular formula is C8H16O4. The van der Waals surface area contributed by atoms with Crippen LogP contribution in [-0.4, -0.2) is 41.9 Å². The first-order valence-corrected chi connectivity index (χ1v) is 4.21. The highest BCUT2D eigenvalue weighted by Gasteiger charge is 2.36. The number of ether oxygens (including phenoxy) is 2. The molecule has 1 fully saturated rings. The fraction of sp³-hybridized carbons (Fsp3) is 1.00. The molecule has 0 bridgehead atoms. The highest BCUT2D eigenvalue weighted by atomic mass is 16.7. The minimum Gasteiger partial charge on any atom is -0.394 e. The molecular weight excluding hydrogens is 160 g/mol. The first-order valence-electron chi connectivity index (χ1n) is 4.21. The second-order valence-electron chi connectivity index (χ2n) is 3.33. The number of aliphatic hydroxyl groups excluding tert-OH is 2. The lowest BCUT2D eigenvalue weighted by atomic mass is 10.2. The van der Waals surface area contributed by atoms with Crippen molar-refractivity contribution in [3.8, 4) is 0 Å². The Morgan fingerprint density at radius 1 is 1.08 bits per heavy atom. The summed E-state index contributed by atoms with van der Waals surface area (Å²) in [7, 11) is 0. The second kappa shape index (κ2) is 4.18. The molecule has 0 spiro atoms. The van der Waals surface area contributed by atoms with Crippen molar-refractivity contribution in [3.05, 3.63) is 0 Å². The van der Waals surface area contributed by atoms with Gasteiger partial charge in [-0.15, -0.1) is 0 Å². The minimum atomic E-state index is -0.373. The summed E-state index contributed by atoms with van der Waals surface area (Å²) in [5.41, 5.74) is 0. The molecule has 72 valence electrons. The van der Waals surface area contributed by atoms with Gasteiger partial charge in [-0.25, -0.2) is 0 Å². The molecule has 0 aromatic carbocycles. The Bertz CT molecular complexity index is 125. The Balaban J connectivity index is 2.47. The third-order valence-corrected chi connectivity index (χ3v) is 1.94. The molecule has 1 aliphatic heterocycles. The smallest absolute Gasteiger partial charge is 0.161 e. The fourth-order valence-electron chi connectivity index (χ4n) is 1.19. The van der Waals surface area contributed by atoms with Crippen LogP contribution in [-0.2, 0) is 9.47 Å². The second-order valence-corrected chi connectivity index (χ2v) is 3.33. The summed E-state index contributed by atoms with van der Waals surface area (Å²) in [6.07, 6.45) is -1.04. The van der Waals surface area contributed by atoms with Gasteiger partial charge >= 0.3 is 0 Å². The topological polar surface area (TPSA) is 58.9 Å². The van der Waals surface area contributed by atoms with Crippen LogP contribution >= 0.6 is 0 Å². The van der Waals surface area contributed by atoms with Crippen molar-refractivity contribution in [3.63, 3.8) is 0 Å². The first-order chi connectivity index (χ1) is 5.69. The van der Waals surface area contributed by atoms with Crippen LogP contribution < -0.4 is 0 Å². The predicted molar refractivity (Wildman–Crippen MR) is 42.5 cm³/mol. The van der Waals surface area contributed by atoms with Gasteiger partial charge in [0.15, 0.2) is 6.29 Å². The van der Waals surface area contributed by atoms with Gasteiger partial charge in [0.05, 0.1) is 13.2 Å².